The number of likely N-dealkylation sites (tertiary alicyclic amines) is 1. The summed E-state index contributed by atoms with van der Waals surface area (Å²) < 4.78 is 0. The molecule has 18 heavy (non-hydrogen) atoms. The smallest absolute Gasteiger partial charge is 0.269 e. The Hall–Kier alpha value is -1.62. The second-order valence-corrected chi connectivity index (χ2v) is 4.93. The van der Waals surface area contributed by atoms with Crippen LogP contribution in [0.1, 0.15) is 23.3 Å². The van der Waals surface area contributed by atoms with Gasteiger partial charge in [0.15, 0.2) is 0 Å². The number of anilines is 1. The molecule has 0 atom stereocenters. The van der Waals surface area contributed by atoms with Crippen LogP contribution >= 0.6 is 0 Å². The fraction of sp³-hybridized carbons (Fsp3) is 0.538. The Bertz CT molecular complexity index is 413. The summed E-state index contributed by atoms with van der Waals surface area (Å²) in [6, 6.07) is 3.28. The van der Waals surface area contributed by atoms with Crippen LogP contribution < -0.4 is 11.1 Å². The zero-order valence-electron chi connectivity index (χ0n) is 10.7. The van der Waals surface area contributed by atoms with Gasteiger partial charge in [0.1, 0.15) is 5.69 Å². The van der Waals surface area contributed by atoms with Gasteiger partial charge in [-0.25, -0.2) is 0 Å². The molecule has 1 amide bonds. The van der Waals surface area contributed by atoms with Crippen LogP contribution in [-0.4, -0.2) is 42.5 Å². The number of carbonyl (C=O) groups is 1. The van der Waals surface area contributed by atoms with Gasteiger partial charge in [0.25, 0.3) is 5.91 Å². The highest BCUT2D eigenvalue weighted by molar-refractivity contribution is 5.92. The van der Waals surface area contributed by atoms with E-state index in [1.807, 2.05) is 0 Å². The van der Waals surface area contributed by atoms with Crippen molar-refractivity contribution in [1.29, 1.82) is 0 Å². The molecule has 0 bridgehead atoms. The lowest BCUT2D eigenvalue weighted by atomic mass is 9.97. The van der Waals surface area contributed by atoms with Gasteiger partial charge >= 0.3 is 0 Å². The summed E-state index contributed by atoms with van der Waals surface area (Å²) >= 11 is 0. The summed E-state index contributed by atoms with van der Waals surface area (Å²) in [7, 11) is 2.13. The molecule has 5 nitrogen and oxygen atoms in total. The molecule has 1 saturated heterocycles. The number of nitrogens with zero attached hydrogens (tertiary/aromatic N) is 2. The highest BCUT2D eigenvalue weighted by Crippen LogP contribution is 2.14. The van der Waals surface area contributed by atoms with Crippen molar-refractivity contribution in [2.75, 3.05) is 32.4 Å². The third-order valence-corrected chi connectivity index (χ3v) is 3.41. The normalized spacial score (nSPS) is 17.6. The van der Waals surface area contributed by atoms with Crippen LogP contribution in [0, 0.1) is 5.92 Å². The van der Waals surface area contributed by atoms with Gasteiger partial charge in [-0.2, -0.15) is 0 Å². The van der Waals surface area contributed by atoms with Crippen molar-refractivity contribution in [3.05, 3.63) is 24.0 Å². The second-order valence-electron chi connectivity index (χ2n) is 4.93. The SMILES string of the molecule is CN1CCC(CNC(=O)c2cc(N)ccn2)CC1. The van der Waals surface area contributed by atoms with Crippen molar-refractivity contribution in [1.82, 2.24) is 15.2 Å². The van der Waals surface area contributed by atoms with Gasteiger partial charge < -0.3 is 16.0 Å². The zero-order chi connectivity index (χ0) is 13.0. The quantitative estimate of drug-likeness (QED) is 0.827. The van der Waals surface area contributed by atoms with Crippen LogP contribution in [0.4, 0.5) is 5.69 Å². The lowest BCUT2D eigenvalue weighted by Crippen LogP contribution is -2.37. The molecule has 2 heterocycles. The molecule has 3 N–H and O–H groups in total. The summed E-state index contributed by atoms with van der Waals surface area (Å²) in [5, 5.41) is 2.94. The van der Waals surface area contributed by atoms with E-state index in [1.165, 1.54) is 0 Å². The van der Waals surface area contributed by atoms with Gasteiger partial charge in [0.2, 0.25) is 0 Å². The molecule has 98 valence electrons. The van der Waals surface area contributed by atoms with E-state index in [2.05, 4.69) is 22.2 Å². The van der Waals surface area contributed by atoms with Crippen LogP contribution in [0.15, 0.2) is 18.3 Å². The molecule has 0 radical (unpaired) electrons. The van der Waals surface area contributed by atoms with Crippen molar-refractivity contribution >= 4 is 11.6 Å². The van der Waals surface area contributed by atoms with Crippen molar-refractivity contribution in [3.63, 3.8) is 0 Å². The lowest BCUT2D eigenvalue weighted by molar-refractivity contribution is 0.0934. The molecule has 1 aliphatic rings. The van der Waals surface area contributed by atoms with Crippen molar-refractivity contribution in [3.8, 4) is 0 Å². The number of hydrogen-bond acceptors (Lipinski definition) is 4. The van der Waals surface area contributed by atoms with Crippen LogP contribution in [0.5, 0.6) is 0 Å². The van der Waals surface area contributed by atoms with E-state index in [-0.39, 0.29) is 5.91 Å². The molecule has 0 spiro atoms. The van der Waals surface area contributed by atoms with E-state index < -0.39 is 0 Å². The van der Waals surface area contributed by atoms with Crippen LogP contribution in [0.3, 0.4) is 0 Å². The van der Waals surface area contributed by atoms with Crippen LogP contribution in [-0.2, 0) is 0 Å². The Balaban J connectivity index is 1.81. The highest BCUT2D eigenvalue weighted by atomic mass is 16.1. The second kappa shape index (κ2) is 5.82. The molecule has 0 aromatic carbocycles. The fourth-order valence-corrected chi connectivity index (χ4v) is 2.16. The predicted molar refractivity (Wildman–Crippen MR) is 71.2 cm³/mol. The highest BCUT2D eigenvalue weighted by Gasteiger charge is 2.17. The van der Waals surface area contributed by atoms with Gasteiger partial charge in [-0.05, 0) is 51.0 Å². The number of nitrogens with one attached hydrogen (secondary N) is 1. The minimum Gasteiger partial charge on any atom is -0.399 e. The first kappa shape index (κ1) is 12.8. The maximum absolute atomic E-state index is 11.9. The van der Waals surface area contributed by atoms with Gasteiger partial charge in [-0.1, -0.05) is 0 Å². The van der Waals surface area contributed by atoms with E-state index in [1.54, 1.807) is 18.3 Å². The molecule has 0 saturated carbocycles. The van der Waals surface area contributed by atoms with Crippen molar-refractivity contribution in [2.45, 2.75) is 12.8 Å². The van der Waals surface area contributed by atoms with Gasteiger partial charge in [-0.15, -0.1) is 0 Å². The molecule has 5 heteroatoms. The molecular formula is C13H20N4O. The molecule has 1 fully saturated rings. The number of rotatable bonds is 3. The largest absolute Gasteiger partial charge is 0.399 e. The number of amides is 1. The van der Waals surface area contributed by atoms with E-state index in [9.17, 15) is 4.79 Å². The summed E-state index contributed by atoms with van der Waals surface area (Å²) in [5.41, 5.74) is 6.58. The first-order chi connectivity index (χ1) is 8.65. The van der Waals surface area contributed by atoms with E-state index >= 15 is 0 Å². The first-order valence-corrected chi connectivity index (χ1v) is 6.33. The molecular weight excluding hydrogens is 228 g/mol. The van der Waals surface area contributed by atoms with Crippen molar-refractivity contribution < 1.29 is 4.79 Å². The van der Waals surface area contributed by atoms with E-state index in [4.69, 9.17) is 5.73 Å². The minimum atomic E-state index is -0.138. The third kappa shape index (κ3) is 3.43. The number of piperidine rings is 1. The van der Waals surface area contributed by atoms with Gasteiger partial charge in [0.05, 0.1) is 0 Å². The lowest BCUT2D eigenvalue weighted by Gasteiger charge is -2.28. The molecule has 1 aromatic heterocycles. The molecule has 2 rings (SSSR count). The van der Waals surface area contributed by atoms with Crippen LogP contribution in [0.25, 0.3) is 0 Å². The number of aromatic nitrogens is 1. The molecule has 1 aromatic rings. The number of carbonyl (C=O) groups excluding carboxylic acids is 1. The van der Waals surface area contributed by atoms with Gasteiger partial charge in [0, 0.05) is 18.4 Å². The number of hydrogen-bond donors (Lipinski definition) is 2. The van der Waals surface area contributed by atoms with E-state index in [0.717, 1.165) is 32.5 Å². The Labute approximate surface area is 107 Å². The zero-order valence-corrected chi connectivity index (χ0v) is 10.7. The monoisotopic (exact) mass is 248 g/mol. The average Bonchev–Trinajstić information content (AvgIpc) is 2.38. The summed E-state index contributed by atoms with van der Waals surface area (Å²) in [6.45, 7) is 2.94. The van der Waals surface area contributed by atoms with Crippen LogP contribution in [0.2, 0.25) is 0 Å². The van der Waals surface area contributed by atoms with E-state index in [0.29, 0.717) is 17.3 Å². The topological polar surface area (TPSA) is 71.2 Å². The predicted octanol–water partition coefficient (Wildman–Crippen LogP) is 0.735. The number of pyridine rings is 1. The Morgan fingerprint density at radius 3 is 2.94 bits per heavy atom. The molecule has 0 aliphatic carbocycles. The maximum Gasteiger partial charge on any atom is 0.269 e. The average molecular weight is 248 g/mol. The maximum atomic E-state index is 11.9. The number of nitrogen functional groups attached to an aromatic ring is 1. The Kier molecular flexibility index (Phi) is 4.15. The Morgan fingerprint density at radius 1 is 1.56 bits per heavy atom. The third-order valence-electron chi connectivity index (χ3n) is 3.41. The molecule has 0 unspecified atom stereocenters. The van der Waals surface area contributed by atoms with Gasteiger partial charge in [-0.3, -0.25) is 9.78 Å². The summed E-state index contributed by atoms with van der Waals surface area (Å²) in [4.78, 5) is 18.2. The summed E-state index contributed by atoms with van der Waals surface area (Å²) in [5.74, 6) is 0.437. The minimum absolute atomic E-state index is 0.138. The summed E-state index contributed by atoms with van der Waals surface area (Å²) in [6.07, 6.45) is 3.84. The van der Waals surface area contributed by atoms with Crippen molar-refractivity contribution in [2.24, 2.45) is 5.92 Å². The fourth-order valence-electron chi connectivity index (χ4n) is 2.16. The number of nitrogens with two attached hydrogens (primary N) is 1. The molecule has 1 aliphatic heterocycles. The standard InChI is InChI=1S/C13H20N4O/c1-17-6-3-10(4-7-17)9-16-13(18)12-8-11(14)2-5-15-12/h2,5,8,10H,3-4,6-7,9H2,1H3,(H2,14,15)(H,16,18). The first-order valence-electron chi connectivity index (χ1n) is 6.33. The Morgan fingerprint density at radius 2 is 2.28 bits per heavy atom.